The van der Waals surface area contributed by atoms with E-state index in [1.54, 1.807) is 12.4 Å². The number of ketones is 1. The molecule has 0 aliphatic rings. The van der Waals surface area contributed by atoms with Crippen LogP contribution in [0.15, 0.2) is 48.8 Å². The molecule has 6 heteroatoms. The number of hydrogen-bond acceptors (Lipinski definition) is 2. The fourth-order valence-corrected chi connectivity index (χ4v) is 2.65. The largest absolute Gasteiger partial charge is 0.416 e. The molecule has 0 saturated heterocycles. The third kappa shape index (κ3) is 3.32. The maximum atomic E-state index is 12.5. The first-order valence-electron chi connectivity index (χ1n) is 7.44. The summed E-state index contributed by atoms with van der Waals surface area (Å²) in [5, 5.41) is 0. The number of Topliss-reactive ketones (excluding diaryl/α,β-unsaturated/α-hetero) is 1. The van der Waals surface area contributed by atoms with E-state index >= 15 is 0 Å². The fourth-order valence-electron chi connectivity index (χ4n) is 2.65. The van der Waals surface area contributed by atoms with Crippen molar-refractivity contribution in [2.24, 2.45) is 0 Å². The second-order valence-electron chi connectivity index (χ2n) is 5.72. The third-order valence-corrected chi connectivity index (χ3v) is 3.89. The van der Waals surface area contributed by atoms with Gasteiger partial charge in [-0.25, -0.2) is 4.98 Å². The number of rotatable bonds is 4. The Morgan fingerprint density at radius 1 is 1.08 bits per heavy atom. The maximum Gasteiger partial charge on any atom is 0.416 e. The van der Waals surface area contributed by atoms with Crippen LogP contribution < -0.4 is 0 Å². The van der Waals surface area contributed by atoms with E-state index < -0.39 is 11.7 Å². The summed E-state index contributed by atoms with van der Waals surface area (Å²) >= 11 is 0. The van der Waals surface area contributed by atoms with Crippen molar-refractivity contribution in [3.63, 3.8) is 0 Å². The molecule has 0 amide bonds. The lowest BCUT2D eigenvalue weighted by molar-refractivity contribution is -0.137. The lowest BCUT2D eigenvalue weighted by atomic mass is 10.0. The van der Waals surface area contributed by atoms with Crippen LogP contribution in [-0.4, -0.2) is 15.2 Å². The standard InChI is InChI=1S/C18H15F3N2O/c1-12-2-7-15(23-9-8-22-17(12)23)11-16(24)10-13-3-5-14(6-4-13)18(19,20)21/h2-9H,10-11H2,1H3. The van der Waals surface area contributed by atoms with Gasteiger partial charge in [-0.15, -0.1) is 0 Å². The number of alkyl halides is 3. The highest BCUT2D eigenvalue weighted by molar-refractivity contribution is 5.83. The minimum Gasteiger partial charge on any atom is -0.303 e. The van der Waals surface area contributed by atoms with Gasteiger partial charge in [-0.3, -0.25) is 4.79 Å². The molecule has 0 N–H and O–H groups in total. The zero-order chi connectivity index (χ0) is 17.3. The normalized spacial score (nSPS) is 11.8. The molecule has 3 rings (SSSR count). The first-order chi connectivity index (χ1) is 11.3. The average Bonchev–Trinajstić information content (AvgIpc) is 3.00. The Morgan fingerprint density at radius 3 is 2.46 bits per heavy atom. The van der Waals surface area contributed by atoms with Crippen LogP contribution in [0.25, 0.3) is 5.65 Å². The lowest BCUT2D eigenvalue weighted by Gasteiger charge is -2.09. The van der Waals surface area contributed by atoms with Crippen LogP contribution in [-0.2, 0) is 23.8 Å². The first-order valence-corrected chi connectivity index (χ1v) is 7.44. The van der Waals surface area contributed by atoms with Crippen LogP contribution in [0.2, 0.25) is 0 Å². The highest BCUT2D eigenvalue weighted by atomic mass is 19.4. The topological polar surface area (TPSA) is 34.4 Å². The van der Waals surface area contributed by atoms with Gasteiger partial charge in [0, 0.05) is 30.9 Å². The molecule has 3 nitrogen and oxygen atoms in total. The minimum absolute atomic E-state index is 0.0615. The van der Waals surface area contributed by atoms with Gasteiger partial charge in [-0.2, -0.15) is 13.2 Å². The van der Waals surface area contributed by atoms with Gasteiger partial charge in [0.15, 0.2) is 0 Å². The zero-order valence-corrected chi connectivity index (χ0v) is 13.0. The Kier molecular flexibility index (Phi) is 4.13. The maximum absolute atomic E-state index is 12.5. The molecule has 0 aliphatic carbocycles. The van der Waals surface area contributed by atoms with Gasteiger partial charge < -0.3 is 4.40 Å². The summed E-state index contributed by atoms with van der Waals surface area (Å²) in [5.41, 5.74) is 2.48. The molecule has 0 atom stereocenters. The molecule has 2 heterocycles. The molecule has 0 fully saturated rings. The van der Waals surface area contributed by atoms with Crippen molar-refractivity contribution >= 4 is 11.4 Å². The Hall–Kier alpha value is -2.63. The summed E-state index contributed by atoms with van der Waals surface area (Å²) in [7, 11) is 0. The fraction of sp³-hybridized carbons (Fsp3) is 0.222. The van der Waals surface area contributed by atoms with E-state index in [9.17, 15) is 18.0 Å². The lowest BCUT2D eigenvalue weighted by Crippen LogP contribution is -2.10. The molecule has 0 saturated carbocycles. The third-order valence-electron chi connectivity index (χ3n) is 3.89. The molecule has 0 spiro atoms. The highest BCUT2D eigenvalue weighted by Gasteiger charge is 2.29. The number of benzene rings is 1. The summed E-state index contributed by atoms with van der Waals surface area (Å²) in [4.78, 5) is 16.5. The number of halogens is 3. The monoisotopic (exact) mass is 332 g/mol. The molecule has 0 unspecified atom stereocenters. The van der Waals surface area contributed by atoms with Crippen LogP contribution in [0, 0.1) is 6.92 Å². The second kappa shape index (κ2) is 6.11. The van der Waals surface area contributed by atoms with Crippen molar-refractivity contribution in [3.05, 3.63) is 71.2 Å². The van der Waals surface area contributed by atoms with Crippen LogP contribution in [0.3, 0.4) is 0 Å². The van der Waals surface area contributed by atoms with Gasteiger partial charge in [0.1, 0.15) is 11.4 Å². The molecular formula is C18H15F3N2O. The van der Waals surface area contributed by atoms with Gasteiger partial charge in [-0.1, -0.05) is 18.2 Å². The van der Waals surface area contributed by atoms with Crippen molar-refractivity contribution in [3.8, 4) is 0 Å². The summed E-state index contributed by atoms with van der Waals surface area (Å²) in [6.45, 7) is 1.94. The van der Waals surface area contributed by atoms with E-state index in [-0.39, 0.29) is 18.6 Å². The van der Waals surface area contributed by atoms with Crippen LogP contribution in [0.1, 0.15) is 22.4 Å². The van der Waals surface area contributed by atoms with Gasteiger partial charge in [0.05, 0.1) is 5.56 Å². The average molecular weight is 332 g/mol. The van der Waals surface area contributed by atoms with E-state index in [2.05, 4.69) is 4.98 Å². The zero-order valence-electron chi connectivity index (χ0n) is 13.0. The van der Waals surface area contributed by atoms with Crippen LogP contribution in [0.4, 0.5) is 13.2 Å². The SMILES string of the molecule is Cc1ccc(CC(=O)Cc2ccc(C(F)(F)F)cc2)n2ccnc12. The molecule has 0 aliphatic heterocycles. The number of aryl methyl sites for hydroxylation is 1. The number of imidazole rings is 1. The predicted octanol–water partition coefficient (Wildman–Crippen LogP) is 4.02. The summed E-state index contributed by atoms with van der Waals surface area (Å²) in [6, 6.07) is 8.48. The summed E-state index contributed by atoms with van der Waals surface area (Å²) in [6.07, 6.45) is -0.594. The molecular weight excluding hydrogens is 317 g/mol. The summed E-state index contributed by atoms with van der Waals surface area (Å²) < 4.78 is 39.5. The van der Waals surface area contributed by atoms with Gasteiger partial charge in [-0.05, 0) is 36.2 Å². The van der Waals surface area contributed by atoms with Gasteiger partial charge in [0.2, 0.25) is 0 Å². The molecule has 3 aromatic rings. The number of carbonyl (C=O) groups excluding carboxylic acids is 1. The summed E-state index contributed by atoms with van der Waals surface area (Å²) in [5.74, 6) is -0.0615. The number of carbonyl (C=O) groups is 1. The van der Waals surface area contributed by atoms with E-state index in [1.165, 1.54) is 12.1 Å². The smallest absolute Gasteiger partial charge is 0.303 e. The predicted molar refractivity (Wildman–Crippen MR) is 83.8 cm³/mol. The van der Waals surface area contributed by atoms with Crippen molar-refractivity contribution in [1.29, 1.82) is 0 Å². The Balaban J connectivity index is 1.73. The quantitative estimate of drug-likeness (QED) is 0.723. The highest BCUT2D eigenvalue weighted by Crippen LogP contribution is 2.29. The minimum atomic E-state index is -4.36. The number of hydrogen-bond donors (Lipinski definition) is 0. The van der Waals surface area contributed by atoms with Gasteiger partial charge in [0.25, 0.3) is 0 Å². The molecule has 0 bridgehead atoms. The Bertz CT molecular complexity index is 879. The van der Waals surface area contributed by atoms with E-state index in [0.29, 0.717) is 5.56 Å². The molecule has 124 valence electrons. The van der Waals surface area contributed by atoms with Gasteiger partial charge >= 0.3 is 6.18 Å². The molecule has 24 heavy (non-hydrogen) atoms. The molecule has 2 aromatic heterocycles. The van der Waals surface area contributed by atoms with Crippen molar-refractivity contribution in [2.45, 2.75) is 25.9 Å². The number of nitrogens with zero attached hydrogens (tertiary/aromatic N) is 2. The number of fused-ring (bicyclic) bond motifs is 1. The molecule has 0 radical (unpaired) electrons. The van der Waals surface area contributed by atoms with E-state index in [1.807, 2.05) is 23.5 Å². The van der Waals surface area contributed by atoms with Crippen molar-refractivity contribution in [2.75, 3.05) is 0 Å². The van der Waals surface area contributed by atoms with Crippen LogP contribution >= 0.6 is 0 Å². The Labute approximate surface area is 136 Å². The first kappa shape index (κ1) is 16.2. The van der Waals surface area contributed by atoms with Crippen LogP contribution in [0.5, 0.6) is 0 Å². The van der Waals surface area contributed by atoms with Crippen molar-refractivity contribution < 1.29 is 18.0 Å². The van der Waals surface area contributed by atoms with Crippen molar-refractivity contribution in [1.82, 2.24) is 9.38 Å². The number of aromatic nitrogens is 2. The second-order valence-corrected chi connectivity index (χ2v) is 5.72. The molecule has 1 aromatic carbocycles. The van der Waals surface area contributed by atoms with E-state index in [4.69, 9.17) is 0 Å². The van der Waals surface area contributed by atoms with E-state index in [0.717, 1.165) is 29.0 Å². The number of pyridine rings is 1. The Morgan fingerprint density at radius 2 is 1.79 bits per heavy atom.